The predicted molar refractivity (Wildman–Crippen MR) is 115 cm³/mol. The quantitative estimate of drug-likeness (QED) is 0.720. The van der Waals surface area contributed by atoms with Crippen LogP contribution in [0.3, 0.4) is 0 Å². The minimum Gasteiger partial charge on any atom is -0.465 e. The van der Waals surface area contributed by atoms with E-state index in [1.54, 1.807) is 0 Å². The number of benzene rings is 1. The summed E-state index contributed by atoms with van der Waals surface area (Å²) in [5.41, 5.74) is 9.90. The summed E-state index contributed by atoms with van der Waals surface area (Å²) in [5.74, 6) is 3.53. The fourth-order valence-corrected chi connectivity index (χ4v) is 8.69. The molecule has 0 amide bonds. The molecule has 7 atom stereocenters. The maximum Gasteiger partial charge on any atom is 0.319 e. The molecule has 31 heavy (non-hydrogen) atoms. The molecule has 6 fully saturated rings. The van der Waals surface area contributed by atoms with Gasteiger partial charge in [-0.1, -0.05) is 6.07 Å². The molecule has 7 unspecified atom stereocenters. The number of fused-ring (bicyclic) bond motifs is 2. The van der Waals surface area contributed by atoms with Gasteiger partial charge in [0.05, 0.1) is 30.3 Å². The number of nitrogens with zero attached hydrogens (tertiary/aromatic N) is 1. The lowest BCUT2D eigenvalue weighted by molar-refractivity contribution is -0.150. The lowest BCUT2D eigenvalue weighted by Crippen LogP contribution is -2.39. The molecular formula is C25H31N3O3. The van der Waals surface area contributed by atoms with Crippen molar-refractivity contribution in [3.05, 3.63) is 29.6 Å². The van der Waals surface area contributed by atoms with Crippen molar-refractivity contribution in [1.29, 1.82) is 0 Å². The fourth-order valence-electron chi connectivity index (χ4n) is 8.69. The molecule has 8 rings (SSSR count). The van der Waals surface area contributed by atoms with E-state index in [-0.39, 0.29) is 17.4 Å². The average Bonchev–Trinajstić information content (AvgIpc) is 3.55. The molecule has 6 heteroatoms. The summed E-state index contributed by atoms with van der Waals surface area (Å²) < 4.78 is 11.0. The summed E-state index contributed by atoms with van der Waals surface area (Å²) in [5, 5.41) is 0. The SMILES string of the molecule is CCOC(=O)C1(c2ccc3nc(C(N)C45CC6CC7CC6(C4)C7C5)[nH]c3c2)CCOC1. The number of carbonyl (C=O) groups excluding carboxylic acids is 1. The van der Waals surface area contributed by atoms with Crippen molar-refractivity contribution in [2.75, 3.05) is 19.8 Å². The predicted octanol–water partition coefficient (Wildman–Crippen LogP) is 3.61. The summed E-state index contributed by atoms with van der Waals surface area (Å²) in [6.45, 7) is 3.16. The van der Waals surface area contributed by atoms with E-state index < -0.39 is 5.41 Å². The zero-order valence-corrected chi connectivity index (χ0v) is 18.2. The van der Waals surface area contributed by atoms with E-state index in [4.69, 9.17) is 20.2 Å². The lowest BCUT2D eigenvalue weighted by Gasteiger charge is -2.45. The Labute approximate surface area is 182 Å². The highest BCUT2D eigenvalue weighted by Gasteiger charge is 2.77. The van der Waals surface area contributed by atoms with Crippen molar-refractivity contribution in [3.63, 3.8) is 0 Å². The maximum absolute atomic E-state index is 12.8. The van der Waals surface area contributed by atoms with Crippen molar-refractivity contribution in [2.24, 2.45) is 34.3 Å². The standard InChI is InChI=1S/C25H31N3O3/c1-2-31-22(29)24(5-6-30-13-24)15-3-4-18-19(8-15)28-21(27-18)20(26)23-10-16-7-14-9-25(16,12-23)17(14)11-23/h3-4,8,14,16-17,20H,2,5-7,9-13,26H2,1H3,(H,27,28). The molecule has 6 nitrogen and oxygen atoms in total. The van der Waals surface area contributed by atoms with Crippen LogP contribution < -0.4 is 5.73 Å². The molecule has 5 saturated carbocycles. The van der Waals surface area contributed by atoms with Gasteiger partial charge in [0.15, 0.2) is 0 Å². The van der Waals surface area contributed by atoms with Crippen LogP contribution in [0.1, 0.15) is 62.9 Å². The van der Waals surface area contributed by atoms with Gasteiger partial charge in [-0.05, 0) is 91.7 Å². The van der Waals surface area contributed by atoms with Crippen molar-refractivity contribution in [3.8, 4) is 0 Å². The minimum atomic E-state index is -0.722. The summed E-state index contributed by atoms with van der Waals surface area (Å²) in [4.78, 5) is 21.3. The highest BCUT2D eigenvalue weighted by molar-refractivity contribution is 5.86. The molecule has 1 aromatic carbocycles. The number of aromatic nitrogens is 2. The van der Waals surface area contributed by atoms with Crippen LogP contribution in [0.15, 0.2) is 18.2 Å². The van der Waals surface area contributed by atoms with Gasteiger partial charge in [0.1, 0.15) is 11.2 Å². The number of H-pyrrole nitrogens is 1. The van der Waals surface area contributed by atoms with E-state index >= 15 is 0 Å². The van der Waals surface area contributed by atoms with Crippen molar-refractivity contribution in [2.45, 2.75) is 56.9 Å². The number of ether oxygens (including phenoxy) is 2. The Morgan fingerprint density at radius 2 is 2.29 bits per heavy atom. The number of imidazole rings is 1. The first-order valence-electron chi connectivity index (χ1n) is 12.0. The average molecular weight is 422 g/mol. The minimum absolute atomic E-state index is 0.0385. The van der Waals surface area contributed by atoms with Gasteiger partial charge in [-0.15, -0.1) is 0 Å². The van der Waals surface area contributed by atoms with Crippen LogP contribution in [0.4, 0.5) is 0 Å². The van der Waals surface area contributed by atoms with Crippen LogP contribution in [-0.2, 0) is 19.7 Å². The molecule has 1 aromatic heterocycles. The third kappa shape index (κ3) is 2.16. The van der Waals surface area contributed by atoms with Crippen LogP contribution in [0.25, 0.3) is 11.0 Å². The summed E-state index contributed by atoms with van der Waals surface area (Å²) in [6, 6.07) is 6.05. The number of carbonyl (C=O) groups is 1. The van der Waals surface area contributed by atoms with Crippen LogP contribution >= 0.6 is 0 Å². The summed E-state index contributed by atoms with van der Waals surface area (Å²) in [6.07, 6.45) is 7.43. The zero-order chi connectivity index (χ0) is 21.0. The summed E-state index contributed by atoms with van der Waals surface area (Å²) >= 11 is 0. The van der Waals surface area contributed by atoms with Crippen LogP contribution in [0, 0.1) is 28.6 Å². The molecule has 6 aliphatic rings. The third-order valence-electron chi connectivity index (χ3n) is 10.0. The summed E-state index contributed by atoms with van der Waals surface area (Å²) in [7, 11) is 0. The third-order valence-corrected chi connectivity index (χ3v) is 10.0. The Bertz CT molecular complexity index is 1070. The van der Waals surface area contributed by atoms with Gasteiger partial charge in [0.25, 0.3) is 0 Å². The normalized spacial score (nSPS) is 42.8. The topological polar surface area (TPSA) is 90.2 Å². The smallest absolute Gasteiger partial charge is 0.319 e. The Kier molecular flexibility index (Phi) is 3.55. The van der Waals surface area contributed by atoms with Gasteiger partial charge in [-0.2, -0.15) is 0 Å². The second-order valence-electron chi connectivity index (χ2n) is 11.1. The first-order chi connectivity index (χ1) is 15.0. The molecule has 5 aliphatic carbocycles. The van der Waals surface area contributed by atoms with Gasteiger partial charge in [0.2, 0.25) is 0 Å². The number of esters is 1. The molecule has 3 N–H and O–H groups in total. The number of rotatable bonds is 5. The number of nitrogens with two attached hydrogens (primary N) is 1. The van der Waals surface area contributed by atoms with Crippen LogP contribution in [0.2, 0.25) is 0 Å². The lowest BCUT2D eigenvalue weighted by atomic mass is 9.59. The number of hydrogen-bond acceptors (Lipinski definition) is 5. The van der Waals surface area contributed by atoms with Crippen molar-refractivity contribution < 1.29 is 14.3 Å². The second-order valence-corrected chi connectivity index (χ2v) is 11.1. The Morgan fingerprint density at radius 3 is 3.03 bits per heavy atom. The first kappa shape index (κ1) is 18.6. The van der Waals surface area contributed by atoms with E-state index in [1.165, 1.54) is 32.1 Å². The second kappa shape index (κ2) is 5.90. The molecule has 2 heterocycles. The Hall–Kier alpha value is -1.92. The van der Waals surface area contributed by atoms with Gasteiger partial charge >= 0.3 is 5.97 Å². The molecule has 1 saturated heterocycles. The van der Waals surface area contributed by atoms with Gasteiger partial charge in [-0.3, -0.25) is 4.79 Å². The molecule has 1 aliphatic heterocycles. The monoisotopic (exact) mass is 421 g/mol. The van der Waals surface area contributed by atoms with E-state index in [9.17, 15) is 4.79 Å². The maximum atomic E-state index is 12.8. The van der Waals surface area contributed by atoms with Crippen LogP contribution in [-0.4, -0.2) is 35.8 Å². The van der Waals surface area contributed by atoms with Crippen molar-refractivity contribution >= 4 is 17.0 Å². The van der Waals surface area contributed by atoms with Crippen LogP contribution in [0.5, 0.6) is 0 Å². The molecule has 3 bridgehead atoms. The van der Waals surface area contributed by atoms with Gasteiger partial charge in [0, 0.05) is 6.61 Å². The van der Waals surface area contributed by atoms with Gasteiger partial charge in [-0.25, -0.2) is 4.98 Å². The highest BCUT2D eigenvalue weighted by Crippen LogP contribution is 2.84. The molecule has 164 valence electrons. The van der Waals surface area contributed by atoms with E-state index in [2.05, 4.69) is 11.1 Å². The highest BCUT2D eigenvalue weighted by atomic mass is 16.5. The molecule has 0 radical (unpaired) electrons. The number of aromatic amines is 1. The first-order valence-corrected chi connectivity index (χ1v) is 12.0. The molecule has 1 spiro atoms. The molecular weight excluding hydrogens is 390 g/mol. The zero-order valence-electron chi connectivity index (χ0n) is 18.2. The molecule has 2 aromatic rings. The Morgan fingerprint density at radius 1 is 1.39 bits per heavy atom. The number of hydrogen-bond donors (Lipinski definition) is 2. The number of nitrogens with one attached hydrogen (secondary N) is 1. The van der Waals surface area contributed by atoms with E-state index in [0.717, 1.165) is 40.2 Å². The fraction of sp³-hybridized carbons (Fsp3) is 0.680. The van der Waals surface area contributed by atoms with Crippen molar-refractivity contribution in [1.82, 2.24) is 9.97 Å². The Balaban J connectivity index is 1.23. The van der Waals surface area contributed by atoms with E-state index in [1.807, 2.05) is 19.1 Å². The largest absolute Gasteiger partial charge is 0.465 e. The van der Waals surface area contributed by atoms with E-state index in [0.29, 0.717) is 31.7 Å². The van der Waals surface area contributed by atoms with Gasteiger partial charge < -0.3 is 20.2 Å².